The molecule has 0 aliphatic carbocycles. The number of hydrogen-bond donors (Lipinski definition) is 1. The summed E-state index contributed by atoms with van der Waals surface area (Å²) in [4.78, 5) is 0. The van der Waals surface area contributed by atoms with Gasteiger partial charge < -0.3 is 9.84 Å². The smallest absolute Gasteiger partial charge is 0.127 e. The summed E-state index contributed by atoms with van der Waals surface area (Å²) in [5, 5.41) is 10.5. The van der Waals surface area contributed by atoms with Crippen molar-refractivity contribution >= 4 is 0 Å². The first-order valence-corrected chi connectivity index (χ1v) is 13.9. The van der Waals surface area contributed by atoms with E-state index in [0.29, 0.717) is 16.6 Å². The van der Waals surface area contributed by atoms with Crippen LogP contribution in [0.2, 0.25) is 0 Å². The molecule has 0 aromatic heterocycles. The molecule has 0 bridgehead atoms. The first-order chi connectivity index (χ1) is 15.7. The van der Waals surface area contributed by atoms with E-state index in [0.717, 1.165) is 54.0 Å². The minimum atomic E-state index is -0.290. The van der Waals surface area contributed by atoms with Crippen LogP contribution in [0.15, 0.2) is 12.7 Å². The highest BCUT2D eigenvalue weighted by atomic mass is 16.5. The first-order valence-electron chi connectivity index (χ1n) is 13.9. The fourth-order valence-electron chi connectivity index (χ4n) is 5.77. The monoisotopic (exact) mass is 470 g/mol. The van der Waals surface area contributed by atoms with E-state index in [1.807, 2.05) is 19.9 Å². The molecule has 0 unspecified atom stereocenters. The van der Waals surface area contributed by atoms with Gasteiger partial charge >= 0.3 is 0 Å². The zero-order valence-electron chi connectivity index (χ0n) is 24.0. The number of phenolic OH excluding ortho intramolecular Hbond substituents is 1. The maximum atomic E-state index is 10.5. The minimum absolute atomic E-state index is 0.290. The maximum absolute atomic E-state index is 10.5. The molecule has 0 saturated heterocycles. The molecule has 1 aromatic carbocycles. The number of phenols is 1. The van der Waals surface area contributed by atoms with E-state index in [4.69, 9.17) is 4.74 Å². The fourth-order valence-corrected chi connectivity index (χ4v) is 5.77. The van der Waals surface area contributed by atoms with E-state index in [1.54, 1.807) is 0 Å². The maximum Gasteiger partial charge on any atom is 0.127 e. The van der Waals surface area contributed by atoms with Gasteiger partial charge in [0.05, 0.1) is 0 Å². The fraction of sp³-hybridized carbons (Fsp3) is 0.750. The molecule has 0 spiro atoms. The van der Waals surface area contributed by atoms with Gasteiger partial charge in [0.2, 0.25) is 0 Å². The molecule has 1 heterocycles. The molecule has 0 fully saturated rings. The van der Waals surface area contributed by atoms with Crippen LogP contribution in [-0.2, 0) is 6.42 Å². The standard InChI is InChI=1S/C32H54O2/c1-11-32(22-16-27-26(6)28(33)24(4)25(5)29(27)34-32)21-14-20-31(9,10)19-13-18-30(7,8)17-12-15-23(2)3/h11,23,33H,1,12-22H2,2-10H3/t32-/m1/s1. The third kappa shape index (κ3) is 7.53. The summed E-state index contributed by atoms with van der Waals surface area (Å²) < 4.78 is 6.68. The highest BCUT2D eigenvalue weighted by Crippen LogP contribution is 2.45. The lowest BCUT2D eigenvalue weighted by Gasteiger charge is -2.39. The van der Waals surface area contributed by atoms with Gasteiger partial charge in [-0.3, -0.25) is 0 Å². The summed E-state index contributed by atoms with van der Waals surface area (Å²) in [7, 11) is 0. The van der Waals surface area contributed by atoms with Crippen LogP contribution in [0.3, 0.4) is 0 Å². The predicted molar refractivity (Wildman–Crippen MR) is 148 cm³/mol. The number of hydrogen-bond acceptors (Lipinski definition) is 2. The zero-order chi connectivity index (χ0) is 25.7. The van der Waals surface area contributed by atoms with Gasteiger partial charge in [0, 0.05) is 5.56 Å². The molecule has 194 valence electrons. The summed E-state index contributed by atoms with van der Waals surface area (Å²) in [6.07, 6.45) is 15.3. The van der Waals surface area contributed by atoms with E-state index in [-0.39, 0.29) is 5.60 Å². The highest BCUT2D eigenvalue weighted by Gasteiger charge is 2.36. The first kappa shape index (κ1) is 28.8. The van der Waals surface area contributed by atoms with Gasteiger partial charge in [-0.2, -0.15) is 0 Å². The Morgan fingerprint density at radius 1 is 0.912 bits per heavy atom. The van der Waals surface area contributed by atoms with Crippen LogP contribution in [0.25, 0.3) is 0 Å². The molecule has 1 aliphatic heterocycles. The molecular formula is C32H54O2. The van der Waals surface area contributed by atoms with Crippen molar-refractivity contribution in [1.29, 1.82) is 0 Å². The predicted octanol–water partition coefficient (Wildman–Crippen LogP) is 9.79. The molecule has 2 nitrogen and oxygen atoms in total. The molecule has 2 rings (SSSR count). The van der Waals surface area contributed by atoms with E-state index in [1.165, 1.54) is 50.5 Å². The molecule has 1 aromatic rings. The van der Waals surface area contributed by atoms with Gasteiger partial charge in [-0.15, -0.1) is 0 Å². The van der Waals surface area contributed by atoms with Crippen molar-refractivity contribution in [3.8, 4) is 11.5 Å². The molecule has 1 aliphatic rings. The second-order valence-electron chi connectivity index (χ2n) is 13.2. The van der Waals surface area contributed by atoms with Crippen molar-refractivity contribution in [2.75, 3.05) is 0 Å². The summed E-state index contributed by atoms with van der Waals surface area (Å²) >= 11 is 0. The average Bonchev–Trinajstić information content (AvgIpc) is 2.75. The second kappa shape index (κ2) is 11.5. The normalized spacial score (nSPS) is 18.6. The zero-order valence-corrected chi connectivity index (χ0v) is 24.0. The molecule has 0 amide bonds. The molecule has 34 heavy (non-hydrogen) atoms. The van der Waals surface area contributed by atoms with Crippen molar-refractivity contribution in [3.05, 3.63) is 34.9 Å². The summed E-state index contributed by atoms with van der Waals surface area (Å²) in [6, 6.07) is 0. The van der Waals surface area contributed by atoms with E-state index in [2.05, 4.69) is 55.0 Å². The number of benzene rings is 1. The van der Waals surface area contributed by atoms with Crippen molar-refractivity contribution in [2.24, 2.45) is 16.7 Å². The van der Waals surface area contributed by atoms with Crippen LogP contribution >= 0.6 is 0 Å². The van der Waals surface area contributed by atoms with Crippen LogP contribution in [0, 0.1) is 37.5 Å². The quantitative estimate of drug-likeness (QED) is 0.291. The van der Waals surface area contributed by atoms with E-state index < -0.39 is 0 Å². The topological polar surface area (TPSA) is 29.5 Å². The van der Waals surface area contributed by atoms with Gasteiger partial charge in [-0.25, -0.2) is 0 Å². The number of ether oxygens (including phenoxy) is 1. The lowest BCUT2D eigenvalue weighted by molar-refractivity contribution is 0.0772. The minimum Gasteiger partial charge on any atom is -0.507 e. The van der Waals surface area contributed by atoms with Crippen LogP contribution in [0.4, 0.5) is 0 Å². The summed E-state index contributed by atoms with van der Waals surface area (Å²) in [6.45, 7) is 24.7. The van der Waals surface area contributed by atoms with Crippen LogP contribution in [0.1, 0.15) is 128 Å². The van der Waals surface area contributed by atoms with Gasteiger partial charge in [-0.1, -0.05) is 67.4 Å². The molecule has 1 atom stereocenters. The molecule has 0 radical (unpaired) electrons. The Morgan fingerprint density at radius 2 is 1.47 bits per heavy atom. The summed E-state index contributed by atoms with van der Waals surface area (Å²) in [5.74, 6) is 2.23. The van der Waals surface area contributed by atoms with Gasteiger partial charge in [0.25, 0.3) is 0 Å². The Labute approximate surface area is 211 Å². The van der Waals surface area contributed by atoms with Crippen LogP contribution in [0.5, 0.6) is 11.5 Å². The average molecular weight is 471 g/mol. The SMILES string of the molecule is C=C[C@@]1(CCCC(C)(C)CCCC(C)(C)CCCC(C)C)CCc2c(C)c(O)c(C)c(C)c2O1. The van der Waals surface area contributed by atoms with Crippen molar-refractivity contribution in [2.45, 2.75) is 139 Å². The Morgan fingerprint density at radius 3 is 2.03 bits per heavy atom. The lowest BCUT2D eigenvalue weighted by Crippen LogP contribution is -2.38. The Hall–Kier alpha value is -1.44. The summed E-state index contributed by atoms with van der Waals surface area (Å²) in [5.41, 5.74) is 4.69. The number of aromatic hydroxyl groups is 1. The molecule has 0 saturated carbocycles. The number of fused-ring (bicyclic) bond motifs is 1. The van der Waals surface area contributed by atoms with Crippen molar-refractivity contribution in [3.63, 3.8) is 0 Å². The Balaban J connectivity index is 1.89. The van der Waals surface area contributed by atoms with Gasteiger partial charge in [-0.05, 0) is 112 Å². The third-order valence-electron chi connectivity index (χ3n) is 8.61. The van der Waals surface area contributed by atoms with Gasteiger partial charge in [0.1, 0.15) is 17.1 Å². The number of rotatable bonds is 13. The molecule has 1 N–H and O–H groups in total. The van der Waals surface area contributed by atoms with Crippen LogP contribution < -0.4 is 4.74 Å². The van der Waals surface area contributed by atoms with E-state index >= 15 is 0 Å². The lowest BCUT2D eigenvalue weighted by atomic mass is 9.76. The Kier molecular flexibility index (Phi) is 9.76. The third-order valence-corrected chi connectivity index (χ3v) is 8.61. The molecule has 2 heteroatoms. The largest absolute Gasteiger partial charge is 0.507 e. The van der Waals surface area contributed by atoms with Gasteiger partial charge in [0.15, 0.2) is 0 Å². The van der Waals surface area contributed by atoms with Crippen molar-refractivity contribution < 1.29 is 9.84 Å². The van der Waals surface area contributed by atoms with Crippen molar-refractivity contribution in [1.82, 2.24) is 0 Å². The van der Waals surface area contributed by atoms with E-state index in [9.17, 15) is 5.11 Å². The molecular weight excluding hydrogens is 416 g/mol. The second-order valence-corrected chi connectivity index (χ2v) is 13.2. The highest BCUT2D eigenvalue weighted by molar-refractivity contribution is 5.58. The Bertz CT molecular complexity index is 830. The van der Waals surface area contributed by atoms with Crippen LogP contribution in [-0.4, -0.2) is 10.7 Å².